The van der Waals surface area contributed by atoms with Crippen LogP contribution in [-0.2, 0) is 0 Å². The Balaban J connectivity index is 2.68. The molecule has 0 aromatic carbocycles. The Hall–Kier alpha value is -0.810. The third kappa shape index (κ3) is 4.14. The van der Waals surface area contributed by atoms with E-state index in [1.807, 2.05) is 7.05 Å². The number of likely N-dealkylation sites (N-methyl/N-ethyl adjacent to an activating group) is 1. The van der Waals surface area contributed by atoms with E-state index in [-0.39, 0.29) is 0 Å². The van der Waals surface area contributed by atoms with E-state index in [4.69, 9.17) is 0 Å². The summed E-state index contributed by atoms with van der Waals surface area (Å²) in [6.45, 7) is 6.95. The maximum atomic E-state index is 12.8. The van der Waals surface area contributed by atoms with Gasteiger partial charge in [-0.05, 0) is 26.5 Å². The monoisotopic (exact) mass is 262 g/mol. The highest BCUT2D eigenvalue weighted by atomic mass is 19.4. The number of rotatable bonds is 3. The Morgan fingerprint density at radius 3 is 2.00 bits per heavy atom. The van der Waals surface area contributed by atoms with Crippen LogP contribution in [0.1, 0.15) is 13.8 Å². The minimum atomic E-state index is -4.26. The molecule has 1 rings (SSSR count). The van der Waals surface area contributed by atoms with Crippen molar-refractivity contribution < 1.29 is 13.2 Å². The molecule has 0 saturated carbocycles. The van der Waals surface area contributed by atoms with Crippen molar-refractivity contribution in [2.75, 3.05) is 39.8 Å². The van der Waals surface area contributed by atoms with E-state index >= 15 is 0 Å². The van der Waals surface area contributed by atoms with Gasteiger partial charge < -0.3 is 4.90 Å². The van der Waals surface area contributed by atoms with E-state index in [1.165, 1.54) is 6.92 Å². The molecular weight excluding hydrogens is 241 g/mol. The van der Waals surface area contributed by atoms with Crippen LogP contribution in [0.5, 0.6) is 0 Å². The summed E-state index contributed by atoms with van der Waals surface area (Å²) < 4.78 is 38.5. The van der Waals surface area contributed by atoms with Crippen LogP contribution < -0.4 is 0 Å². The van der Waals surface area contributed by atoms with E-state index in [0.29, 0.717) is 12.1 Å². The molecule has 0 atom stereocenters. The van der Waals surface area contributed by atoms with Gasteiger partial charge in [-0.3, -0.25) is 4.90 Å². The molecule has 0 aromatic heterocycles. The molecule has 0 amide bonds. The highest BCUT2D eigenvalue weighted by Crippen LogP contribution is 2.31. The van der Waals surface area contributed by atoms with Gasteiger partial charge >= 0.3 is 6.18 Å². The number of alkyl halides is 3. The second-order valence-electron chi connectivity index (χ2n) is 4.59. The number of hydrogen-bond donors (Lipinski definition) is 0. The fourth-order valence-corrected chi connectivity index (χ4v) is 2.11. The standard InChI is InChI=1S/C13H21F3N2/c1-4-11(12(5-2)13(14,15)16)10-18-8-6-17(3)7-9-18/h4-5H,6-10H2,1-3H3. The lowest BCUT2D eigenvalue weighted by Gasteiger charge is -2.33. The molecule has 0 spiro atoms. The van der Waals surface area contributed by atoms with Crippen molar-refractivity contribution in [2.45, 2.75) is 20.0 Å². The molecule has 0 bridgehead atoms. The van der Waals surface area contributed by atoms with Crippen LogP contribution in [0.15, 0.2) is 23.3 Å². The summed E-state index contributed by atoms with van der Waals surface area (Å²) in [6.07, 6.45) is -1.53. The van der Waals surface area contributed by atoms with Gasteiger partial charge in [-0.2, -0.15) is 13.2 Å². The van der Waals surface area contributed by atoms with Crippen LogP contribution in [0.3, 0.4) is 0 Å². The number of hydrogen-bond acceptors (Lipinski definition) is 2. The van der Waals surface area contributed by atoms with Gasteiger partial charge in [0.1, 0.15) is 0 Å². The number of piperazine rings is 1. The summed E-state index contributed by atoms with van der Waals surface area (Å²) in [5, 5.41) is 0. The second-order valence-corrected chi connectivity index (χ2v) is 4.59. The number of halogens is 3. The molecule has 1 aliphatic heterocycles. The average Bonchev–Trinajstić information content (AvgIpc) is 2.29. The molecule has 2 nitrogen and oxygen atoms in total. The molecular formula is C13H21F3N2. The molecule has 18 heavy (non-hydrogen) atoms. The molecule has 0 N–H and O–H groups in total. The highest BCUT2D eigenvalue weighted by Gasteiger charge is 2.35. The van der Waals surface area contributed by atoms with Crippen molar-refractivity contribution in [3.05, 3.63) is 23.3 Å². The van der Waals surface area contributed by atoms with Crippen LogP contribution in [0.25, 0.3) is 0 Å². The average molecular weight is 262 g/mol. The molecule has 0 radical (unpaired) electrons. The fraction of sp³-hybridized carbons (Fsp3) is 0.692. The van der Waals surface area contributed by atoms with E-state index in [9.17, 15) is 13.2 Å². The van der Waals surface area contributed by atoms with Crippen molar-refractivity contribution in [1.29, 1.82) is 0 Å². The Bertz CT molecular complexity index is 324. The van der Waals surface area contributed by atoms with Crippen LogP contribution in [-0.4, -0.2) is 55.7 Å². The van der Waals surface area contributed by atoms with Crippen molar-refractivity contribution in [3.8, 4) is 0 Å². The number of nitrogens with zero attached hydrogens (tertiary/aromatic N) is 2. The lowest BCUT2D eigenvalue weighted by atomic mass is 10.0. The first kappa shape index (κ1) is 15.2. The SMILES string of the molecule is CC=C(CN1CCN(C)CC1)C(=CC)C(F)(F)F. The smallest absolute Gasteiger partial charge is 0.304 e. The lowest BCUT2D eigenvalue weighted by Crippen LogP contribution is -2.45. The van der Waals surface area contributed by atoms with Crippen molar-refractivity contribution >= 4 is 0 Å². The van der Waals surface area contributed by atoms with Crippen molar-refractivity contribution in [3.63, 3.8) is 0 Å². The fourth-order valence-electron chi connectivity index (χ4n) is 2.11. The Kier molecular flexibility index (Phi) is 5.41. The molecule has 1 heterocycles. The second kappa shape index (κ2) is 6.38. The summed E-state index contributed by atoms with van der Waals surface area (Å²) in [5.41, 5.74) is -0.140. The minimum Gasteiger partial charge on any atom is -0.304 e. The van der Waals surface area contributed by atoms with E-state index in [2.05, 4.69) is 9.80 Å². The van der Waals surface area contributed by atoms with Gasteiger partial charge in [0.05, 0.1) is 5.57 Å². The Morgan fingerprint density at radius 1 is 1.06 bits per heavy atom. The summed E-state index contributed by atoms with van der Waals surface area (Å²) in [5.74, 6) is 0. The molecule has 5 heteroatoms. The van der Waals surface area contributed by atoms with Gasteiger partial charge in [0.2, 0.25) is 0 Å². The van der Waals surface area contributed by atoms with E-state index in [0.717, 1.165) is 32.3 Å². The topological polar surface area (TPSA) is 6.48 Å². The van der Waals surface area contributed by atoms with E-state index in [1.54, 1.807) is 13.0 Å². The first-order chi connectivity index (χ1) is 8.38. The first-order valence-corrected chi connectivity index (χ1v) is 6.18. The maximum absolute atomic E-state index is 12.8. The maximum Gasteiger partial charge on any atom is 0.416 e. The molecule has 0 aliphatic carbocycles. The largest absolute Gasteiger partial charge is 0.416 e. The van der Waals surface area contributed by atoms with Gasteiger partial charge in [-0.25, -0.2) is 0 Å². The summed E-state index contributed by atoms with van der Waals surface area (Å²) >= 11 is 0. The van der Waals surface area contributed by atoms with Crippen molar-refractivity contribution in [1.82, 2.24) is 9.80 Å². The minimum absolute atomic E-state index is 0.370. The molecule has 104 valence electrons. The molecule has 0 aromatic rings. The third-order valence-corrected chi connectivity index (χ3v) is 3.28. The third-order valence-electron chi connectivity index (χ3n) is 3.28. The highest BCUT2D eigenvalue weighted by molar-refractivity contribution is 5.35. The summed E-state index contributed by atoms with van der Waals surface area (Å²) in [7, 11) is 2.03. The van der Waals surface area contributed by atoms with Crippen LogP contribution in [0.2, 0.25) is 0 Å². The van der Waals surface area contributed by atoms with Gasteiger partial charge in [0.25, 0.3) is 0 Å². The molecule has 1 fully saturated rings. The predicted octanol–water partition coefficient (Wildman–Crippen LogP) is 2.69. The van der Waals surface area contributed by atoms with Gasteiger partial charge in [0.15, 0.2) is 0 Å². The van der Waals surface area contributed by atoms with E-state index < -0.39 is 11.7 Å². The Labute approximate surface area is 107 Å². The lowest BCUT2D eigenvalue weighted by molar-refractivity contribution is -0.0899. The zero-order valence-electron chi connectivity index (χ0n) is 11.2. The molecule has 1 aliphatic rings. The van der Waals surface area contributed by atoms with Crippen LogP contribution in [0, 0.1) is 0 Å². The quantitative estimate of drug-likeness (QED) is 0.722. The normalized spacial score (nSPS) is 21.4. The number of allylic oxidation sites excluding steroid dienone is 2. The zero-order chi connectivity index (χ0) is 13.8. The predicted molar refractivity (Wildman–Crippen MR) is 67.5 cm³/mol. The van der Waals surface area contributed by atoms with Crippen molar-refractivity contribution in [2.24, 2.45) is 0 Å². The molecule has 0 unspecified atom stereocenters. The summed E-state index contributed by atoms with van der Waals surface area (Å²) in [4.78, 5) is 4.26. The zero-order valence-corrected chi connectivity index (χ0v) is 11.2. The van der Waals surface area contributed by atoms with Crippen LogP contribution >= 0.6 is 0 Å². The van der Waals surface area contributed by atoms with Gasteiger partial charge in [-0.1, -0.05) is 12.2 Å². The summed E-state index contributed by atoms with van der Waals surface area (Å²) in [6, 6.07) is 0. The Morgan fingerprint density at radius 2 is 1.61 bits per heavy atom. The molecule has 1 saturated heterocycles. The van der Waals surface area contributed by atoms with Gasteiger partial charge in [0, 0.05) is 32.7 Å². The van der Waals surface area contributed by atoms with Gasteiger partial charge in [-0.15, -0.1) is 0 Å². The van der Waals surface area contributed by atoms with Crippen LogP contribution in [0.4, 0.5) is 13.2 Å². The first-order valence-electron chi connectivity index (χ1n) is 6.18.